The molecule has 9 nitrogen and oxygen atoms in total. The molecule has 2 fully saturated rings. The van der Waals surface area contributed by atoms with Crippen LogP contribution in [0.5, 0.6) is 0 Å². The molecule has 0 aromatic rings. The van der Waals surface area contributed by atoms with E-state index in [1.165, 1.54) is 12.0 Å². The van der Waals surface area contributed by atoms with E-state index >= 15 is 0 Å². The van der Waals surface area contributed by atoms with Gasteiger partial charge in [-0.3, -0.25) is 8.98 Å². The molecule has 1 saturated heterocycles. The van der Waals surface area contributed by atoms with Gasteiger partial charge in [-0.25, -0.2) is 4.79 Å². The van der Waals surface area contributed by atoms with Gasteiger partial charge in [0.1, 0.15) is 5.60 Å². The van der Waals surface area contributed by atoms with Gasteiger partial charge in [0.05, 0.1) is 50.7 Å². The number of amides is 1. The Labute approximate surface area is 173 Å². The Morgan fingerprint density at radius 2 is 1.69 bits per heavy atom. The maximum Gasteiger partial charge on any atom is 0.410 e. The normalized spacial score (nSPS) is 28.2. The number of hydrogen-bond acceptors (Lipinski definition) is 8. The van der Waals surface area contributed by atoms with Crippen LogP contribution in [-0.2, 0) is 33.3 Å². The Hall–Kier alpha value is -1.39. The third-order valence-electron chi connectivity index (χ3n) is 5.05. The number of nitrogens with zero attached hydrogens (tertiary/aromatic N) is 1. The van der Waals surface area contributed by atoms with Gasteiger partial charge < -0.3 is 19.1 Å². The van der Waals surface area contributed by atoms with Gasteiger partial charge in [-0.15, -0.1) is 0 Å². The Kier molecular flexibility index (Phi) is 7.92. The van der Waals surface area contributed by atoms with Crippen molar-refractivity contribution in [1.29, 1.82) is 0 Å². The zero-order valence-electron chi connectivity index (χ0n) is 17.9. The molecule has 1 heterocycles. The van der Waals surface area contributed by atoms with Crippen LogP contribution in [0.4, 0.5) is 4.79 Å². The molecule has 29 heavy (non-hydrogen) atoms. The highest BCUT2D eigenvalue weighted by Crippen LogP contribution is 2.29. The number of esters is 1. The molecule has 2 atom stereocenters. The van der Waals surface area contributed by atoms with Crippen molar-refractivity contribution >= 4 is 22.2 Å². The van der Waals surface area contributed by atoms with Crippen LogP contribution in [0.15, 0.2) is 0 Å². The summed E-state index contributed by atoms with van der Waals surface area (Å²) in [7, 11) is -2.24. The zero-order valence-corrected chi connectivity index (χ0v) is 18.7. The molecule has 1 saturated carbocycles. The molecule has 0 radical (unpaired) electrons. The quantitative estimate of drug-likeness (QED) is 0.461. The summed E-state index contributed by atoms with van der Waals surface area (Å²) in [5.41, 5.74) is -0.662. The summed E-state index contributed by atoms with van der Waals surface area (Å²) >= 11 is 0. The lowest BCUT2D eigenvalue weighted by Crippen LogP contribution is -2.42. The van der Waals surface area contributed by atoms with E-state index < -0.39 is 27.9 Å². The summed E-state index contributed by atoms with van der Waals surface area (Å²) in [6.45, 7) is 5.71. The molecule has 1 amide bonds. The Balaban J connectivity index is 1.94. The topological polar surface area (TPSA) is 108 Å². The molecular formula is C19H33NO8S. The fourth-order valence-electron chi connectivity index (χ4n) is 3.77. The largest absolute Gasteiger partial charge is 0.469 e. The third kappa shape index (κ3) is 7.75. The second-order valence-corrected chi connectivity index (χ2v) is 10.4. The summed E-state index contributed by atoms with van der Waals surface area (Å²) in [6, 6.07) is -0.338. The van der Waals surface area contributed by atoms with Gasteiger partial charge in [0.15, 0.2) is 0 Å². The second-order valence-electron chi connectivity index (χ2n) is 8.77. The molecule has 0 unspecified atom stereocenters. The molecule has 0 N–H and O–H groups in total. The van der Waals surface area contributed by atoms with Gasteiger partial charge in [-0.1, -0.05) is 0 Å². The van der Waals surface area contributed by atoms with E-state index in [1.807, 2.05) is 0 Å². The van der Waals surface area contributed by atoms with Crippen molar-refractivity contribution in [3.05, 3.63) is 0 Å². The maximum absolute atomic E-state index is 12.6. The fourth-order valence-corrected chi connectivity index (χ4v) is 4.41. The van der Waals surface area contributed by atoms with E-state index in [-0.39, 0.29) is 37.2 Å². The minimum absolute atomic E-state index is 0.00808. The van der Waals surface area contributed by atoms with Gasteiger partial charge in [0, 0.05) is 0 Å². The fraction of sp³-hybridized carbons (Fsp3) is 0.895. The molecule has 2 rings (SSSR count). The minimum Gasteiger partial charge on any atom is -0.469 e. The first-order chi connectivity index (χ1) is 13.4. The van der Waals surface area contributed by atoms with E-state index in [0.717, 1.165) is 19.1 Å². The standard InChI is InChI=1S/C19H33NO8S/c1-19(2,3)27-18(22)20-11-16(28-29(5,23)24)10-14(20)12-26-15-8-6-13(7-9-15)17(21)25-4/h13-16H,6-12H2,1-5H3/t13-,14-,15-,16+/m0/s1. The van der Waals surface area contributed by atoms with E-state index in [1.54, 1.807) is 20.8 Å². The van der Waals surface area contributed by atoms with Gasteiger partial charge in [-0.05, 0) is 52.9 Å². The molecule has 168 valence electrons. The van der Waals surface area contributed by atoms with Crippen molar-refractivity contribution in [3.8, 4) is 0 Å². The first-order valence-corrected chi connectivity index (χ1v) is 11.8. The number of carbonyl (C=O) groups is 2. The molecule has 1 aliphatic heterocycles. The van der Waals surface area contributed by atoms with Crippen molar-refractivity contribution in [3.63, 3.8) is 0 Å². The van der Waals surface area contributed by atoms with Gasteiger partial charge in [0.2, 0.25) is 0 Å². The summed E-state index contributed by atoms with van der Waals surface area (Å²) in [5.74, 6) is -0.270. The maximum atomic E-state index is 12.6. The smallest absolute Gasteiger partial charge is 0.410 e. The number of ether oxygens (including phenoxy) is 3. The van der Waals surface area contributed by atoms with Crippen LogP contribution in [0.2, 0.25) is 0 Å². The van der Waals surface area contributed by atoms with Crippen molar-refractivity contribution < 1.29 is 36.4 Å². The Morgan fingerprint density at radius 3 is 2.21 bits per heavy atom. The number of hydrogen-bond donors (Lipinski definition) is 0. The molecular weight excluding hydrogens is 402 g/mol. The molecule has 0 bridgehead atoms. The average molecular weight is 436 g/mol. The van der Waals surface area contributed by atoms with Gasteiger partial charge in [0.25, 0.3) is 10.1 Å². The first kappa shape index (κ1) is 23.9. The monoisotopic (exact) mass is 435 g/mol. The molecule has 2 aliphatic rings. The summed E-state index contributed by atoms with van der Waals surface area (Å²) < 4.78 is 44.3. The molecule has 1 aliphatic carbocycles. The first-order valence-electron chi connectivity index (χ1n) is 9.95. The predicted octanol–water partition coefficient (Wildman–Crippen LogP) is 2.09. The van der Waals surface area contributed by atoms with Crippen LogP contribution < -0.4 is 0 Å². The highest BCUT2D eigenvalue weighted by molar-refractivity contribution is 7.86. The lowest BCUT2D eigenvalue weighted by atomic mass is 9.87. The van der Waals surface area contributed by atoms with E-state index in [0.29, 0.717) is 19.3 Å². The van der Waals surface area contributed by atoms with E-state index in [9.17, 15) is 18.0 Å². The van der Waals surface area contributed by atoms with E-state index in [4.69, 9.17) is 18.4 Å². The summed E-state index contributed by atoms with van der Waals surface area (Å²) in [5, 5.41) is 0. The SMILES string of the molecule is COC(=O)[C@H]1CC[C@H](OC[C@@H]2C[C@@H](OS(C)(=O)=O)CN2C(=O)OC(C)(C)C)CC1. The lowest BCUT2D eigenvalue weighted by molar-refractivity contribution is -0.147. The zero-order chi connectivity index (χ0) is 21.8. The number of carbonyl (C=O) groups excluding carboxylic acids is 2. The Morgan fingerprint density at radius 1 is 1.07 bits per heavy atom. The molecule has 0 spiro atoms. The van der Waals surface area contributed by atoms with Crippen LogP contribution in [0.3, 0.4) is 0 Å². The highest BCUT2D eigenvalue weighted by Gasteiger charge is 2.40. The van der Waals surface area contributed by atoms with Crippen LogP contribution in [0.25, 0.3) is 0 Å². The van der Waals surface area contributed by atoms with Crippen molar-refractivity contribution in [2.75, 3.05) is 26.5 Å². The predicted molar refractivity (Wildman–Crippen MR) is 105 cm³/mol. The van der Waals surface area contributed by atoms with Gasteiger partial charge >= 0.3 is 12.1 Å². The minimum atomic E-state index is -3.63. The number of rotatable bonds is 6. The number of methoxy groups -OCH3 is 1. The lowest BCUT2D eigenvalue weighted by Gasteiger charge is -2.31. The van der Waals surface area contributed by atoms with Crippen molar-refractivity contribution in [2.24, 2.45) is 5.92 Å². The molecule has 10 heteroatoms. The average Bonchev–Trinajstić information content (AvgIpc) is 2.99. The van der Waals surface area contributed by atoms with Crippen molar-refractivity contribution in [2.45, 2.75) is 76.7 Å². The molecule has 0 aromatic carbocycles. The summed E-state index contributed by atoms with van der Waals surface area (Å²) in [6.07, 6.45) is 3.09. The highest BCUT2D eigenvalue weighted by atomic mass is 32.2. The van der Waals surface area contributed by atoms with Crippen LogP contribution in [-0.4, -0.2) is 75.7 Å². The van der Waals surface area contributed by atoms with Crippen LogP contribution in [0, 0.1) is 5.92 Å². The van der Waals surface area contributed by atoms with Crippen molar-refractivity contribution in [1.82, 2.24) is 4.90 Å². The van der Waals surface area contributed by atoms with Crippen LogP contribution >= 0.6 is 0 Å². The second kappa shape index (κ2) is 9.61. The van der Waals surface area contributed by atoms with Crippen LogP contribution in [0.1, 0.15) is 52.9 Å². The number of likely N-dealkylation sites (tertiary alicyclic amines) is 1. The van der Waals surface area contributed by atoms with E-state index in [2.05, 4.69) is 0 Å². The van der Waals surface area contributed by atoms with Gasteiger partial charge in [-0.2, -0.15) is 8.42 Å². The third-order valence-corrected chi connectivity index (χ3v) is 5.67. The Bertz CT molecular complexity index is 679. The molecule has 0 aromatic heterocycles. The summed E-state index contributed by atoms with van der Waals surface area (Å²) in [4.78, 5) is 25.7.